The van der Waals surface area contributed by atoms with Gasteiger partial charge in [0.1, 0.15) is 0 Å². The first-order chi connectivity index (χ1) is 20.6. The largest absolute Gasteiger partial charge is 0.369 e. The van der Waals surface area contributed by atoms with Gasteiger partial charge in [0.2, 0.25) is 0 Å². The van der Waals surface area contributed by atoms with Crippen molar-refractivity contribution in [3.05, 3.63) is 108 Å². The zero-order valence-electron chi connectivity index (χ0n) is 22.9. The highest BCUT2D eigenvalue weighted by molar-refractivity contribution is 5.93. The van der Waals surface area contributed by atoms with Crippen molar-refractivity contribution in [1.29, 1.82) is 0 Å². The SMILES string of the molecule is O=C(NO)c1ccc(CN2CCN(c3ccc(Nc4nc(-c5ccc6c(c5)CN=C6)cn5ccnc45)cc3)CC2)cc1. The van der Waals surface area contributed by atoms with Gasteiger partial charge >= 0.3 is 0 Å². The lowest BCUT2D eigenvalue weighted by atomic mass is 10.0. The lowest BCUT2D eigenvalue weighted by Gasteiger charge is -2.36. The van der Waals surface area contributed by atoms with Crippen LogP contribution in [-0.4, -0.2) is 62.8 Å². The summed E-state index contributed by atoms with van der Waals surface area (Å²) in [7, 11) is 0. The zero-order valence-corrected chi connectivity index (χ0v) is 22.9. The average molecular weight is 559 g/mol. The van der Waals surface area contributed by atoms with Gasteiger partial charge < -0.3 is 14.6 Å². The van der Waals surface area contributed by atoms with Crippen LogP contribution >= 0.6 is 0 Å². The van der Waals surface area contributed by atoms with Crippen molar-refractivity contribution in [2.75, 3.05) is 36.4 Å². The summed E-state index contributed by atoms with van der Waals surface area (Å²) >= 11 is 0. The Morgan fingerprint density at radius 3 is 2.55 bits per heavy atom. The van der Waals surface area contributed by atoms with Gasteiger partial charge in [0.15, 0.2) is 11.5 Å². The Bertz CT molecular complexity index is 1770. The molecule has 3 N–H and O–H groups in total. The number of aliphatic imine (C=N–C) groups is 1. The van der Waals surface area contributed by atoms with Crippen LogP contribution < -0.4 is 15.7 Å². The van der Waals surface area contributed by atoms with Crippen LogP contribution in [0.5, 0.6) is 0 Å². The van der Waals surface area contributed by atoms with E-state index in [1.807, 2.05) is 35.1 Å². The standard InChI is InChI=1S/C32H30N8O2/c41-32(37-42)23-3-1-22(2-4-23)20-38-13-15-39(16-14-38)28-9-7-27(8-10-28)35-30-31-34-11-12-40(31)21-29(36-30)24-5-6-25-18-33-19-26(25)17-24/h1-12,17-18,21,42H,13-16,19-20H2,(H,35,36)(H,37,41). The van der Waals surface area contributed by atoms with E-state index in [9.17, 15) is 4.79 Å². The molecule has 0 spiro atoms. The number of fused-ring (bicyclic) bond motifs is 2. The summed E-state index contributed by atoms with van der Waals surface area (Å²) in [5.74, 6) is 0.210. The molecule has 0 unspecified atom stereocenters. The molecule has 2 aromatic heterocycles. The molecule has 1 saturated heterocycles. The van der Waals surface area contributed by atoms with E-state index in [0.29, 0.717) is 17.9 Å². The molecule has 210 valence electrons. The minimum absolute atomic E-state index is 0.441. The maximum Gasteiger partial charge on any atom is 0.274 e. The highest BCUT2D eigenvalue weighted by atomic mass is 16.5. The van der Waals surface area contributed by atoms with Gasteiger partial charge in [-0.3, -0.25) is 19.9 Å². The van der Waals surface area contributed by atoms with Crippen LogP contribution in [-0.2, 0) is 13.1 Å². The maximum atomic E-state index is 11.5. The number of benzene rings is 3. The molecule has 2 aliphatic rings. The first-order valence-corrected chi connectivity index (χ1v) is 14.0. The molecule has 0 atom stereocenters. The average Bonchev–Trinajstić information content (AvgIpc) is 3.71. The Kier molecular flexibility index (Phi) is 6.82. The molecular weight excluding hydrogens is 528 g/mol. The van der Waals surface area contributed by atoms with Crippen molar-refractivity contribution in [2.24, 2.45) is 4.99 Å². The van der Waals surface area contributed by atoms with Gasteiger partial charge in [-0.25, -0.2) is 15.4 Å². The first-order valence-electron chi connectivity index (χ1n) is 14.0. The second kappa shape index (κ2) is 11.1. The fourth-order valence-corrected chi connectivity index (χ4v) is 5.57. The number of nitrogens with one attached hydrogen (secondary N) is 2. The van der Waals surface area contributed by atoms with Crippen molar-refractivity contribution in [3.8, 4) is 11.3 Å². The topological polar surface area (TPSA) is 110 Å². The van der Waals surface area contributed by atoms with E-state index in [4.69, 9.17) is 10.2 Å². The molecule has 42 heavy (non-hydrogen) atoms. The molecular formula is C32H30N8O2. The van der Waals surface area contributed by atoms with Crippen LogP contribution in [0, 0.1) is 0 Å². The Hall–Kier alpha value is -5.06. The predicted molar refractivity (Wildman–Crippen MR) is 163 cm³/mol. The van der Waals surface area contributed by atoms with Gasteiger partial charge in [-0.1, -0.05) is 24.3 Å². The summed E-state index contributed by atoms with van der Waals surface area (Å²) in [6, 6.07) is 22.2. The number of imidazole rings is 1. The summed E-state index contributed by atoms with van der Waals surface area (Å²) in [6.07, 6.45) is 7.66. The molecule has 10 heteroatoms. The summed E-state index contributed by atoms with van der Waals surface area (Å²) in [4.78, 5) is 30.2. The number of anilines is 3. The molecule has 0 radical (unpaired) electrons. The van der Waals surface area contributed by atoms with Crippen LogP contribution in [0.2, 0.25) is 0 Å². The van der Waals surface area contributed by atoms with E-state index in [0.717, 1.165) is 60.9 Å². The van der Waals surface area contributed by atoms with Crippen molar-refractivity contribution in [3.63, 3.8) is 0 Å². The van der Waals surface area contributed by atoms with Crippen LogP contribution in [0.15, 0.2) is 90.3 Å². The number of hydrogen-bond donors (Lipinski definition) is 3. The van der Waals surface area contributed by atoms with Crippen LogP contribution in [0.1, 0.15) is 27.0 Å². The van der Waals surface area contributed by atoms with Crippen LogP contribution in [0.3, 0.4) is 0 Å². The van der Waals surface area contributed by atoms with Crippen molar-refractivity contribution < 1.29 is 10.0 Å². The molecule has 2 aliphatic heterocycles. The van der Waals surface area contributed by atoms with E-state index in [-0.39, 0.29) is 0 Å². The predicted octanol–water partition coefficient (Wildman–Crippen LogP) is 4.51. The van der Waals surface area contributed by atoms with Crippen molar-refractivity contribution in [1.82, 2.24) is 24.7 Å². The maximum absolute atomic E-state index is 11.5. The summed E-state index contributed by atoms with van der Waals surface area (Å²) in [5, 5.41) is 12.3. The van der Waals surface area contributed by atoms with Gasteiger partial charge in [0, 0.05) is 80.0 Å². The van der Waals surface area contributed by atoms with E-state index in [2.05, 4.69) is 67.6 Å². The Balaban J connectivity index is 1.00. The molecule has 0 saturated carbocycles. The third kappa shape index (κ3) is 5.20. The fourth-order valence-electron chi connectivity index (χ4n) is 5.57. The number of rotatable bonds is 7. The molecule has 7 rings (SSSR count). The number of hydrogen-bond acceptors (Lipinski definition) is 8. The first kappa shape index (κ1) is 25.9. The fraction of sp³-hybridized carbons (Fsp3) is 0.188. The third-order valence-electron chi connectivity index (χ3n) is 7.90. The summed E-state index contributed by atoms with van der Waals surface area (Å²) in [6.45, 7) is 5.30. The van der Waals surface area contributed by atoms with E-state index in [1.165, 1.54) is 16.8 Å². The number of carbonyl (C=O) groups excluding carboxylic acids is 1. The highest BCUT2D eigenvalue weighted by Crippen LogP contribution is 2.28. The molecule has 0 aliphatic carbocycles. The minimum atomic E-state index is -0.498. The lowest BCUT2D eigenvalue weighted by molar-refractivity contribution is 0.0706. The number of nitrogens with zero attached hydrogens (tertiary/aromatic N) is 6. The zero-order chi connectivity index (χ0) is 28.5. The van der Waals surface area contributed by atoms with Crippen LogP contribution in [0.4, 0.5) is 17.2 Å². The van der Waals surface area contributed by atoms with Gasteiger partial charge in [-0.2, -0.15) is 0 Å². The highest BCUT2D eigenvalue weighted by Gasteiger charge is 2.18. The number of carbonyl (C=O) groups is 1. The minimum Gasteiger partial charge on any atom is -0.369 e. The molecule has 1 amide bonds. The van der Waals surface area contributed by atoms with Gasteiger partial charge in [0.25, 0.3) is 5.91 Å². The molecule has 3 aromatic carbocycles. The monoisotopic (exact) mass is 558 g/mol. The number of hydroxylamine groups is 1. The quantitative estimate of drug-likeness (QED) is 0.199. The number of piperazine rings is 1. The van der Waals surface area contributed by atoms with Gasteiger partial charge in [0.05, 0.1) is 12.2 Å². The normalized spacial score (nSPS) is 14.7. The molecule has 0 bridgehead atoms. The Morgan fingerprint density at radius 1 is 0.952 bits per heavy atom. The Morgan fingerprint density at radius 2 is 1.76 bits per heavy atom. The summed E-state index contributed by atoms with van der Waals surface area (Å²) < 4.78 is 2.00. The molecule has 5 aromatic rings. The molecule has 4 heterocycles. The van der Waals surface area contributed by atoms with E-state index < -0.39 is 5.91 Å². The second-order valence-corrected chi connectivity index (χ2v) is 10.6. The van der Waals surface area contributed by atoms with Gasteiger partial charge in [-0.15, -0.1) is 0 Å². The molecule has 1 fully saturated rings. The van der Waals surface area contributed by atoms with Gasteiger partial charge in [-0.05, 0) is 59.2 Å². The van der Waals surface area contributed by atoms with Crippen molar-refractivity contribution in [2.45, 2.75) is 13.1 Å². The second-order valence-electron chi connectivity index (χ2n) is 10.6. The van der Waals surface area contributed by atoms with E-state index >= 15 is 0 Å². The summed E-state index contributed by atoms with van der Waals surface area (Å²) in [5.41, 5.74) is 10.5. The Labute approximate surface area is 242 Å². The number of aromatic nitrogens is 3. The van der Waals surface area contributed by atoms with Crippen LogP contribution in [0.25, 0.3) is 16.9 Å². The molecule has 10 nitrogen and oxygen atoms in total. The lowest BCUT2D eigenvalue weighted by Crippen LogP contribution is -2.45. The van der Waals surface area contributed by atoms with Crippen molar-refractivity contribution >= 4 is 35.0 Å². The third-order valence-corrected chi connectivity index (χ3v) is 7.90. The number of amides is 1. The van der Waals surface area contributed by atoms with E-state index in [1.54, 1.807) is 23.8 Å². The smallest absolute Gasteiger partial charge is 0.274 e.